The fourth-order valence-corrected chi connectivity index (χ4v) is 3.80. The Hall–Kier alpha value is -1.59. The molecular weight excluding hydrogens is 304 g/mol. The third-order valence-corrected chi connectivity index (χ3v) is 5.26. The highest BCUT2D eigenvalue weighted by atomic mass is 16.5. The van der Waals surface area contributed by atoms with Crippen molar-refractivity contribution >= 4 is 6.03 Å². The highest BCUT2D eigenvalue weighted by molar-refractivity contribution is 5.75. The number of rotatable bonds is 5. The van der Waals surface area contributed by atoms with Crippen molar-refractivity contribution in [2.75, 3.05) is 26.4 Å². The Labute approximate surface area is 144 Å². The van der Waals surface area contributed by atoms with Crippen LogP contribution in [0.4, 0.5) is 4.79 Å². The quantitative estimate of drug-likeness (QED) is 0.871. The summed E-state index contributed by atoms with van der Waals surface area (Å²) < 4.78 is 5.45. The number of carbonyl (C=O) groups excluding carboxylic acids is 1. The minimum atomic E-state index is -0.0486. The highest BCUT2D eigenvalue weighted by Gasteiger charge is 2.30. The molecule has 2 amide bonds. The van der Waals surface area contributed by atoms with Crippen molar-refractivity contribution in [3.8, 4) is 0 Å². The number of aliphatic hydroxyl groups excluding tert-OH is 1. The number of nitrogens with one attached hydrogen (secondary N) is 1. The zero-order valence-electron chi connectivity index (χ0n) is 14.2. The molecule has 0 unspecified atom stereocenters. The predicted molar refractivity (Wildman–Crippen MR) is 92.7 cm³/mol. The standard InChI is InChI=1S/C19H28N2O3/c22-14-17-7-4-10-21(17)19(23)20-18(16-5-2-1-3-6-16)13-15-8-11-24-12-9-15/h1-3,5-6,15,17-18,22H,4,7-14H2,(H,20,23)/t17-,18+/m0/s1. The molecule has 24 heavy (non-hydrogen) atoms. The zero-order valence-corrected chi connectivity index (χ0v) is 14.2. The minimum Gasteiger partial charge on any atom is -0.394 e. The van der Waals surface area contributed by atoms with E-state index in [1.54, 1.807) is 4.90 Å². The van der Waals surface area contributed by atoms with Gasteiger partial charge in [-0.1, -0.05) is 30.3 Å². The first-order valence-corrected chi connectivity index (χ1v) is 9.08. The Bertz CT molecular complexity index is 517. The van der Waals surface area contributed by atoms with Gasteiger partial charge in [0.2, 0.25) is 0 Å². The minimum absolute atomic E-state index is 0.0155. The van der Waals surface area contributed by atoms with Gasteiger partial charge in [0.25, 0.3) is 0 Å². The van der Waals surface area contributed by atoms with E-state index in [2.05, 4.69) is 17.4 Å². The molecule has 2 saturated heterocycles. The van der Waals surface area contributed by atoms with E-state index in [9.17, 15) is 9.90 Å². The summed E-state index contributed by atoms with van der Waals surface area (Å²) in [4.78, 5) is 14.5. The van der Waals surface area contributed by atoms with Gasteiger partial charge in [0.1, 0.15) is 0 Å². The van der Waals surface area contributed by atoms with Crippen LogP contribution in [0.2, 0.25) is 0 Å². The molecule has 1 aromatic carbocycles. The van der Waals surface area contributed by atoms with Crippen molar-refractivity contribution in [3.05, 3.63) is 35.9 Å². The molecule has 0 radical (unpaired) electrons. The highest BCUT2D eigenvalue weighted by Crippen LogP contribution is 2.28. The summed E-state index contributed by atoms with van der Waals surface area (Å²) in [5, 5.41) is 12.7. The molecular formula is C19H28N2O3. The maximum absolute atomic E-state index is 12.7. The molecule has 0 aliphatic carbocycles. The van der Waals surface area contributed by atoms with Crippen molar-refractivity contribution < 1.29 is 14.6 Å². The van der Waals surface area contributed by atoms with Crippen LogP contribution in [0.5, 0.6) is 0 Å². The first kappa shape index (κ1) is 17.2. The molecule has 1 aromatic rings. The van der Waals surface area contributed by atoms with Gasteiger partial charge in [-0.15, -0.1) is 0 Å². The van der Waals surface area contributed by atoms with Crippen LogP contribution < -0.4 is 5.32 Å². The van der Waals surface area contributed by atoms with Crippen LogP contribution in [0.3, 0.4) is 0 Å². The number of hydrogen-bond donors (Lipinski definition) is 2. The van der Waals surface area contributed by atoms with E-state index >= 15 is 0 Å². The molecule has 2 heterocycles. The summed E-state index contributed by atoms with van der Waals surface area (Å²) in [5.74, 6) is 0.580. The van der Waals surface area contributed by atoms with Gasteiger partial charge >= 0.3 is 6.03 Å². The van der Waals surface area contributed by atoms with Gasteiger partial charge in [0.15, 0.2) is 0 Å². The largest absolute Gasteiger partial charge is 0.394 e. The molecule has 2 fully saturated rings. The van der Waals surface area contributed by atoms with Gasteiger partial charge in [0, 0.05) is 19.8 Å². The second-order valence-corrected chi connectivity index (χ2v) is 6.88. The van der Waals surface area contributed by atoms with E-state index in [0.29, 0.717) is 5.92 Å². The number of nitrogens with zero attached hydrogens (tertiary/aromatic N) is 1. The maximum atomic E-state index is 12.7. The molecule has 5 heteroatoms. The van der Waals surface area contributed by atoms with Crippen LogP contribution in [0, 0.1) is 5.92 Å². The Morgan fingerprint density at radius 1 is 1.25 bits per heavy atom. The Morgan fingerprint density at radius 3 is 2.71 bits per heavy atom. The van der Waals surface area contributed by atoms with Gasteiger partial charge < -0.3 is 20.1 Å². The van der Waals surface area contributed by atoms with Gasteiger partial charge in [-0.25, -0.2) is 4.79 Å². The van der Waals surface area contributed by atoms with Crippen molar-refractivity contribution in [2.45, 2.75) is 44.2 Å². The topological polar surface area (TPSA) is 61.8 Å². The molecule has 0 spiro atoms. The first-order valence-electron chi connectivity index (χ1n) is 9.08. The van der Waals surface area contributed by atoms with Crippen LogP contribution in [0.25, 0.3) is 0 Å². The molecule has 2 atom stereocenters. The van der Waals surface area contributed by atoms with Crippen LogP contribution in [0.15, 0.2) is 30.3 Å². The fourth-order valence-electron chi connectivity index (χ4n) is 3.80. The number of amides is 2. The lowest BCUT2D eigenvalue weighted by Crippen LogP contribution is -2.45. The van der Waals surface area contributed by atoms with Crippen LogP contribution in [0.1, 0.15) is 43.7 Å². The number of ether oxygens (including phenoxy) is 1. The molecule has 2 aliphatic rings. The van der Waals surface area contributed by atoms with Crippen molar-refractivity contribution in [1.82, 2.24) is 10.2 Å². The van der Waals surface area contributed by atoms with E-state index in [4.69, 9.17) is 4.74 Å². The molecule has 3 rings (SSSR count). The third kappa shape index (κ3) is 4.28. The van der Waals surface area contributed by atoms with E-state index < -0.39 is 0 Å². The number of aliphatic hydroxyl groups is 1. The molecule has 5 nitrogen and oxygen atoms in total. The van der Waals surface area contributed by atoms with E-state index in [1.807, 2.05) is 18.2 Å². The van der Waals surface area contributed by atoms with Crippen LogP contribution in [-0.2, 0) is 4.74 Å². The average molecular weight is 332 g/mol. The van der Waals surface area contributed by atoms with E-state index in [1.165, 1.54) is 0 Å². The fraction of sp³-hybridized carbons (Fsp3) is 0.632. The smallest absolute Gasteiger partial charge is 0.318 e. The summed E-state index contributed by atoms with van der Waals surface area (Å²) in [6.45, 7) is 2.41. The molecule has 132 valence electrons. The van der Waals surface area contributed by atoms with Crippen LogP contribution >= 0.6 is 0 Å². The van der Waals surface area contributed by atoms with Gasteiger partial charge in [0.05, 0.1) is 18.7 Å². The second-order valence-electron chi connectivity index (χ2n) is 6.88. The number of carbonyl (C=O) groups is 1. The molecule has 2 N–H and O–H groups in total. The number of benzene rings is 1. The second kappa shape index (κ2) is 8.49. The van der Waals surface area contributed by atoms with Crippen molar-refractivity contribution in [2.24, 2.45) is 5.92 Å². The Balaban J connectivity index is 1.68. The Kier molecular flexibility index (Phi) is 6.10. The average Bonchev–Trinajstić information content (AvgIpc) is 3.12. The van der Waals surface area contributed by atoms with E-state index in [0.717, 1.165) is 57.4 Å². The maximum Gasteiger partial charge on any atom is 0.318 e. The number of likely N-dealkylation sites (tertiary alicyclic amines) is 1. The van der Waals surface area contributed by atoms with Crippen molar-refractivity contribution in [1.29, 1.82) is 0 Å². The van der Waals surface area contributed by atoms with Crippen molar-refractivity contribution in [3.63, 3.8) is 0 Å². The molecule has 2 aliphatic heterocycles. The summed E-state index contributed by atoms with van der Waals surface area (Å²) in [5.41, 5.74) is 1.15. The molecule has 0 bridgehead atoms. The normalized spacial score (nSPS) is 23.2. The summed E-state index contributed by atoms with van der Waals surface area (Å²) >= 11 is 0. The molecule has 0 saturated carbocycles. The summed E-state index contributed by atoms with van der Waals surface area (Å²) in [6.07, 6.45) is 4.91. The number of urea groups is 1. The lowest BCUT2D eigenvalue weighted by molar-refractivity contribution is 0.0605. The van der Waals surface area contributed by atoms with Crippen LogP contribution in [-0.4, -0.2) is 48.4 Å². The molecule has 0 aromatic heterocycles. The predicted octanol–water partition coefficient (Wildman–Crippen LogP) is 2.71. The first-order chi connectivity index (χ1) is 11.8. The number of hydrogen-bond acceptors (Lipinski definition) is 3. The van der Waals surface area contributed by atoms with Gasteiger partial charge in [-0.3, -0.25) is 0 Å². The SMILES string of the molecule is O=C(N[C@H](CC1CCOCC1)c1ccccc1)N1CCC[C@H]1CO. The monoisotopic (exact) mass is 332 g/mol. The van der Waals surface area contributed by atoms with E-state index in [-0.39, 0.29) is 24.7 Å². The third-order valence-electron chi connectivity index (χ3n) is 5.26. The van der Waals surface area contributed by atoms with Gasteiger partial charge in [-0.2, -0.15) is 0 Å². The summed E-state index contributed by atoms with van der Waals surface area (Å²) in [6, 6.07) is 10.1. The van der Waals surface area contributed by atoms with Gasteiger partial charge in [-0.05, 0) is 43.6 Å². The lowest BCUT2D eigenvalue weighted by Gasteiger charge is -2.30. The lowest BCUT2D eigenvalue weighted by atomic mass is 9.89. The summed E-state index contributed by atoms with van der Waals surface area (Å²) in [7, 11) is 0. The zero-order chi connectivity index (χ0) is 16.8. The Morgan fingerprint density at radius 2 is 2.00 bits per heavy atom.